The summed E-state index contributed by atoms with van der Waals surface area (Å²) in [7, 11) is 0. The number of cyclic esters (lactones) is 1. The van der Waals surface area contributed by atoms with Crippen LogP contribution < -0.4 is 0 Å². The molecular formula is C6H9O2. The molecule has 1 radical (unpaired) electrons. The molecule has 1 aliphatic rings. The molecule has 0 amide bonds. The Morgan fingerprint density at radius 1 is 1.75 bits per heavy atom. The largest absolute Gasteiger partial charge is 0.462 e. The third-order valence-corrected chi connectivity index (χ3v) is 1.25. The van der Waals surface area contributed by atoms with Gasteiger partial charge in [-0.15, -0.1) is 0 Å². The topological polar surface area (TPSA) is 26.3 Å². The summed E-state index contributed by atoms with van der Waals surface area (Å²) in [5.74, 6) is 0.718. The van der Waals surface area contributed by atoms with Gasteiger partial charge >= 0.3 is 5.97 Å². The summed E-state index contributed by atoms with van der Waals surface area (Å²) in [5, 5.41) is 0. The van der Waals surface area contributed by atoms with Crippen LogP contribution in [0.15, 0.2) is 0 Å². The van der Waals surface area contributed by atoms with Crippen molar-refractivity contribution in [1.82, 2.24) is 0 Å². The Kier molecular flexibility index (Phi) is 1.24. The molecule has 0 aromatic heterocycles. The molecule has 1 saturated heterocycles. The van der Waals surface area contributed by atoms with Gasteiger partial charge in [0.05, 0.1) is 5.92 Å². The normalized spacial score (nSPS) is 30.8. The molecule has 0 bridgehead atoms. The van der Waals surface area contributed by atoms with Gasteiger partial charge in [0.1, 0.15) is 6.10 Å². The van der Waals surface area contributed by atoms with E-state index in [4.69, 9.17) is 4.74 Å². The van der Waals surface area contributed by atoms with Crippen LogP contribution >= 0.6 is 0 Å². The number of hydrogen-bond acceptors (Lipinski definition) is 2. The van der Waals surface area contributed by atoms with Crippen molar-refractivity contribution in [2.45, 2.75) is 26.4 Å². The molecule has 1 fully saturated rings. The second-order valence-electron chi connectivity index (χ2n) is 2.20. The van der Waals surface area contributed by atoms with Gasteiger partial charge in [0.2, 0.25) is 0 Å². The molecule has 1 rings (SSSR count). The van der Waals surface area contributed by atoms with Crippen LogP contribution in [0, 0.1) is 5.92 Å². The first kappa shape index (κ1) is 5.60. The average Bonchev–Trinajstić information content (AvgIpc) is 1.85. The molecule has 1 unspecified atom stereocenters. The zero-order valence-corrected chi connectivity index (χ0v) is 5.10. The summed E-state index contributed by atoms with van der Waals surface area (Å²) in [6.07, 6.45) is 0.918. The van der Waals surface area contributed by atoms with E-state index in [1.807, 2.05) is 13.8 Å². The molecule has 0 N–H and O–H groups in total. The van der Waals surface area contributed by atoms with Gasteiger partial charge in [-0.3, -0.25) is 4.79 Å². The zero-order chi connectivity index (χ0) is 6.15. The highest BCUT2D eigenvalue weighted by molar-refractivity contribution is 5.86. The van der Waals surface area contributed by atoms with E-state index in [1.54, 1.807) is 0 Å². The molecule has 0 aromatic rings. The van der Waals surface area contributed by atoms with Crippen molar-refractivity contribution < 1.29 is 9.53 Å². The van der Waals surface area contributed by atoms with Crippen molar-refractivity contribution in [1.29, 1.82) is 0 Å². The molecule has 2 nitrogen and oxygen atoms in total. The van der Waals surface area contributed by atoms with E-state index in [1.165, 1.54) is 0 Å². The number of esters is 1. The summed E-state index contributed by atoms with van der Waals surface area (Å²) in [5.41, 5.74) is 0. The number of carbonyl (C=O) groups is 1. The lowest BCUT2D eigenvalue weighted by Gasteiger charge is -1.95. The smallest absolute Gasteiger partial charge is 0.313 e. The lowest BCUT2D eigenvalue weighted by atomic mass is 10.1. The molecule has 0 saturated carbocycles. The van der Waals surface area contributed by atoms with Crippen LogP contribution in [0.1, 0.15) is 20.3 Å². The summed E-state index contributed by atoms with van der Waals surface area (Å²) < 4.78 is 4.80. The van der Waals surface area contributed by atoms with Crippen LogP contribution in [-0.4, -0.2) is 12.1 Å². The lowest BCUT2D eigenvalue weighted by Crippen LogP contribution is -2.01. The minimum absolute atomic E-state index is 0.113. The van der Waals surface area contributed by atoms with E-state index in [0.29, 0.717) is 0 Å². The van der Waals surface area contributed by atoms with Gasteiger partial charge in [-0.2, -0.15) is 0 Å². The Bertz CT molecular complexity index is 109. The fraction of sp³-hybridized carbons (Fsp3) is 0.667. The van der Waals surface area contributed by atoms with E-state index in [9.17, 15) is 4.79 Å². The molecule has 0 aromatic carbocycles. The Labute approximate surface area is 48.8 Å². The number of rotatable bonds is 0. The molecule has 1 heterocycles. The van der Waals surface area contributed by atoms with Gasteiger partial charge < -0.3 is 4.74 Å². The van der Waals surface area contributed by atoms with E-state index in [0.717, 1.165) is 12.3 Å². The second-order valence-corrected chi connectivity index (χ2v) is 2.20. The van der Waals surface area contributed by atoms with Crippen molar-refractivity contribution >= 4 is 5.97 Å². The predicted molar refractivity (Wildman–Crippen MR) is 29.1 cm³/mol. The SMILES string of the molecule is C[C]1CC(C)OC1=O. The summed E-state index contributed by atoms with van der Waals surface area (Å²) in [6.45, 7) is 3.71. The molecule has 0 aliphatic carbocycles. The van der Waals surface area contributed by atoms with Crippen LogP contribution in [0.3, 0.4) is 0 Å². The van der Waals surface area contributed by atoms with Crippen molar-refractivity contribution in [3.05, 3.63) is 5.92 Å². The highest BCUT2D eigenvalue weighted by Gasteiger charge is 2.27. The van der Waals surface area contributed by atoms with Crippen LogP contribution in [0.2, 0.25) is 0 Å². The van der Waals surface area contributed by atoms with Gasteiger partial charge in [0.25, 0.3) is 0 Å². The molecule has 2 heteroatoms. The Morgan fingerprint density at radius 3 is 2.50 bits per heavy atom. The molecular weight excluding hydrogens is 104 g/mol. The van der Waals surface area contributed by atoms with Gasteiger partial charge in [0.15, 0.2) is 0 Å². The minimum Gasteiger partial charge on any atom is -0.462 e. The van der Waals surface area contributed by atoms with Gasteiger partial charge in [-0.25, -0.2) is 0 Å². The monoisotopic (exact) mass is 113 g/mol. The van der Waals surface area contributed by atoms with Crippen molar-refractivity contribution in [3.63, 3.8) is 0 Å². The van der Waals surface area contributed by atoms with E-state index < -0.39 is 0 Å². The molecule has 45 valence electrons. The Hall–Kier alpha value is -0.530. The predicted octanol–water partition coefficient (Wildman–Crippen LogP) is 0.916. The third kappa shape index (κ3) is 0.831. The van der Waals surface area contributed by atoms with E-state index >= 15 is 0 Å². The summed E-state index contributed by atoms with van der Waals surface area (Å²) in [4.78, 5) is 10.5. The molecule has 8 heavy (non-hydrogen) atoms. The van der Waals surface area contributed by atoms with E-state index in [2.05, 4.69) is 0 Å². The molecule has 1 atom stereocenters. The van der Waals surface area contributed by atoms with Crippen molar-refractivity contribution in [2.75, 3.05) is 0 Å². The fourth-order valence-electron chi connectivity index (χ4n) is 0.840. The van der Waals surface area contributed by atoms with E-state index in [-0.39, 0.29) is 12.1 Å². The standard InChI is InChI=1S/C6H9O2/c1-4-3-5(2)8-6(4)7/h5H,3H2,1-2H3. The second kappa shape index (κ2) is 1.77. The number of ether oxygens (including phenoxy) is 1. The van der Waals surface area contributed by atoms with Crippen molar-refractivity contribution in [3.8, 4) is 0 Å². The first-order valence-corrected chi connectivity index (χ1v) is 2.73. The summed E-state index contributed by atoms with van der Waals surface area (Å²) in [6, 6.07) is 0. The third-order valence-electron chi connectivity index (χ3n) is 1.25. The van der Waals surface area contributed by atoms with Crippen LogP contribution in [-0.2, 0) is 9.53 Å². The highest BCUT2D eigenvalue weighted by Crippen LogP contribution is 2.20. The van der Waals surface area contributed by atoms with Gasteiger partial charge in [-0.05, 0) is 13.8 Å². The first-order chi connectivity index (χ1) is 3.70. The number of carbonyl (C=O) groups excluding carboxylic acids is 1. The highest BCUT2D eigenvalue weighted by atomic mass is 16.5. The average molecular weight is 113 g/mol. The summed E-state index contributed by atoms with van der Waals surface area (Å²) >= 11 is 0. The minimum atomic E-state index is -0.127. The van der Waals surface area contributed by atoms with Gasteiger partial charge in [-0.1, -0.05) is 0 Å². The maximum Gasteiger partial charge on any atom is 0.313 e. The lowest BCUT2D eigenvalue weighted by molar-refractivity contribution is -0.139. The zero-order valence-electron chi connectivity index (χ0n) is 5.10. The Balaban J connectivity index is 2.51. The Morgan fingerprint density at radius 2 is 2.38 bits per heavy atom. The molecule has 0 spiro atoms. The van der Waals surface area contributed by atoms with Crippen LogP contribution in [0.5, 0.6) is 0 Å². The maximum atomic E-state index is 10.5. The number of hydrogen-bond donors (Lipinski definition) is 0. The molecule has 1 aliphatic heterocycles. The maximum absolute atomic E-state index is 10.5. The van der Waals surface area contributed by atoms with Crippen molar-refractivity contribution in [2.24, 2.45) is 0 Å². The van der Waals surface area contributed by atoms with Crippen LogP contribution in [0.4, 0.5) is 0 Å². The quantitative estimate of drug-likeness (QED) is 0.436. The first-order valence-electron chi connectivity index (χ1n) is 2.73. The van der Waals surface area contributed by atoms with Gasteiger partial charge in [0, 0.05) is 6.42 Å². The fourth-order valence-corrected chi connectivity index (χ4v) is 0.840. The van der Waals surface area contributed by atoms with Crippen LogP contribution in [0.25, 0.3) is 0 Å².